The molecule has 1 aliphatic carbocycles. The van der Waals surface area contributed by atoms with Crippen LogP contribution in [-0.2, 0) is 22.4 Å². The van der Waals surface area contributed by atoms with Crippen LogP contribution in [0.5, 0.6) is 0 Å². The maximum atomic E-state index is 13.9. The lowest BCUT2D eigenvalue weighted by Crippen LogP contribution is -2.57. The number of rotatable bonds is 15. The van der Waals surface area contributed by atoms with Crippen LogP contribution in [0.15, 0.2) is 48.5 Å². The van der Waals surface area contributed by atoms with Gasteiger partial charge in [0.1, 0.15) is 6.04 Å². The van der Waals surface area contributed by atoms with Gasteiger partial charge in [-0.2, -0.15) is 0 Å². The molecular weight excluding hydrogens is 684 g/mol. The molecule has 8 heteroatoms. The van der Waals surface area contributed by atoms with E-state index >= 15 is 0 Å². The van der Waals surface area contributed by atoms with Crippen molar-refractivity contribution < 1.29 is 9.59 Å². The van der Waals surface area contributed by atoms with Gasteiger partial charge in [-0.25, -0.2) is 0 Å². The molecule has 1 aliphatic heterocycles. The van der Waals surface area contributed by atoms with Crippen molar-refractivity contribution in [2.24, 2.45) is 11.8 Å². The van der Waals surface area contributed by atoms with E-state index in [2.05, 4.69) is 94.5 Å². The molecule has 1 N–H and O–H groups in total. The summed E-state index contributed by atoms with van der Waals surface area (Å²) in [4.78, 5) is 31.9. The first-order chi connectivity index (χ1) is 25.0. The highest BCUT2D eigenvalue weighted by atomic mass is 35.5. The van der Waals surface area contributed by atoms with Gasteiger partial charge in [-0.1, -0.05) is 141 Å². The second-order valence-electron chi connectivity index (χ2n) is 15.2. The molecule has 3 unspecified atom stereocenters. The first kappa shape index (κ1) is 46.1. The highest BCUT2D eigenvalue weighted by Crippen LogP contribution is 2.31. The Balaban J connectivity index is 0.000000741. The van der Waals surface area contributed by atoms with Crippen LogP contribution in [0.1, 0.15) is 129 Å². The van der Waals surface area contributed by atoms with Gasteiger partial charge in [0, 0.05) is 56.6 Å². The summed E-state index contributed by atoms with van der Waals surface area (Å²) < 4.78 is 2.17. The normalized spacial score (nSPS) is 17.0. The standard InChI is InChI=1S/C35H50ClN3O2.C5H12.C4H11NS/c1-4-11-28-12-9-10-15-31(28)26(3)24-34(40)37-32(25-27-16-18-30(36)19-17-27)35(41)39-22-20-38(21-23-39)33(5-2)29-13-7-6-8-14-29;1-4-5(2)3;1-4-5(2)6-3/h9-10,12,15-19,26,29,32-33H,4-8,11,13-14,20-25H2,1-3H3,(H,37,40);5H,4H2,1-3H3;4H2,1-3H3. The number of benzene rings is 2. The minimum atomic E-state index is -0.589. The van der Waals surface area contributed by atoms with E-state index in [4.69, 9.17) is 11.6 Å². The predicted molar refractivity (Wildman–Crippen MR) is 226 cm³/mol. The fraction of sp³-hybridized carbons (Fsp3) is 0.682. The number of nitrogens with one attached hydrogen (secondary N) is 1. The van der Waals surface area contributed by atoms with Gasteiger partial charge in [-0.05, 0) is 85.6 Å². The molecule has 4 rings (SSSR count). The minimum Gasteiger partial charge on any atom is -0.344 e. The molecule has 2 amide bonds. The fourth-order valence-electron chi connectivity index (χ4n) is 7.24. The summed E-state index contributed by atoms with van der Waals surface area (Å²) in [5.41, 5.74) is 3.53. The van der Waals surface area contributed by atoms with Gasteiger partial charge in [-0.15, -0.1) is 0 Å². The van der Waals surface area contributed by atoms with E-state index < -0.39 is 6.04 Å². The molecule has 2 aromatic carbocycles. The van der Waals surface area contributed by atoms with Gasteiger partial charge in [0.15, 0.2) is 0 Å². The van der Waals surface area contributed by atoms with Gasteiger partial charge in [-0.3, -0.25) is 18.8 Å². The van der Waals surface area contributed by atoms with Crippen LogP contribution in [0.25, 0.3) is 0 Å². The highest BCUT2D eigenvalue weighted by Gasteiger charge is 2.33. The lowest BCUT2D eigenvalue weighted by atomic mass is 9.82. The summed E-state index contributed by atoms with van der Waals surface area (Å²) in [6.07, 6.45) is 14.2. The maximum Gasteiger partial charge on any atom is 0.245 e. The van der Waals surface area contributed by atoms with Crippen molar-refractivity contribution in [3.63, 3.8) is 0 Å². The lowest BCUT2D eigenvalue weighted by molar-refractivity contribution is -0.138. The summed E-state index contributed by atoms with van der Waals surface area (Å²) >= 11 is 7.88. The molecule has 2 aliphatic rings. The largest absolute Gasteiger partial charge is 0.344 e. The summed E-state index contributed by atoms with van der Waals surface area (Å²) in [5, 5.41) is 3.82. The molecule has 1 saturated carbocycles. The number of nitrogens with zero attached hydrogens (tertiary/aromatic N) is 3. The predicted octanol–water partition coefficient (Wildman–Crippen LogP) is 10.3. The van der Waals surface area contributed by atoms with Gasteiger partial charge in [0.2, 0.25) is 11.8 Å². The molecule has 294 valence electrons. The fourth-order valence-corrected chi connectivity index (χ4v) is 7.63. The molecule has 1 heterocycles. The van der Waals surface area contributed by atoms with Crippen LogP contribution in [-0.4, -0.2) is 84.0 Å². The SMILES string of the molecule is CCC(C)C.CCCc1ccccc1C(C)CC(=O)NC(Cc1ccc(Cl)cc1)C(=O)N1CCN(C(CC)C2CCCCC2)CC1.CCN(C)SC. The third-order valence-electron chi connectivity index (χ3n) is 10.9. The number of amides is 2. The third kappa shape index (κ3) is 16.5. The average Bonchev–Trinajstić information content (AvgIpc) is 3.16. The van der Waals surface area contributed by atoms with Crippen LogP contribution in [0, 0.1) is 11.8 Å². The topological polar surface area (TPSA) is 55.9 Å². The summed E-state index contributed by atoms with van der Waals surface area (Å²) in [6, 6.07) is 16.0. The zero-order valence-corrected chi connectivity index (χ0v) is 35.8. The molecule has 1 saturated heterocycles. The van der Waals surface area contributed by atoms with Crippen LogP contribution >= 0.6 is 23.5 Å². The van der Waals surface area contributed by atoms with Gasteiger partial charge >= 0.3 is 0 Å². The van der Waals surface area contributed by atoms with E-state index in [1.807, 2.05) is 35.2 Å². The Morgan fingerprint density at radius 2 is 1.52 bits per heavy atom. The number of halogens is 1. The Hall–Kier alpha value is -2.06. The van der Waals surface area contributed by atoms with E-state index in [0.29, 0.717) is 23.9 Å². The Morgan fingerprint density at radius 3 is 2.04 bits per heavy atom. The van der Waals surface area contributed by atoms with E-state index in [1.54, 1.807) is 11.9 Å². The molecule has 6 nitrogen and oxygen atoms in total. The zero-order valence-electron chi connectivity index (χ0n) is 34.3. The minimum absolute atomic E-state index is 0.0256. The van der Waals surface area contributed by atoms with Crippen molar-refractivity contribution in [1.82, 2.24) is 19.4 Å². The van der Waals surface area contributed by atoms with E-state index in [-0.39, 0.29) is 17.7 Å². The summed E-state index contributed by atoms with van der Waals surface area (Å²) in [5.74, 6) is 1.71. The van der Waals surface area contributed by atoms with Crippen LogP contribution in [0.2, 0.25) is 5.02 Å². The summed E-state index contributed by atoms with van der Waals surface area (Å²) in [7, 11) is 2.07. The number of hydrogen-bond donors (Lipinski definition) is 1. The lowest BCUT2D eigenvalue weighted by Gasteiger charge is -2.43. The van der Waals surface area contributed by atoms with Crippen molar-refractivity contribution in [3.05, 3.63) is 70.2 Å². The first-order valence-electron chi connectivity index (χ1n) is 20.4. The third-order valence-corrected chi connectivity index (χ3v) is 12.0. The Labute approximate surface area is 328 Å². The molecule has 0 aromatic heterocycles. The Kier molecular flexibility index (Phi) is 22.9. The van der Waals surface area contributed by atoms with E-state index in [9.17, 15) is 9.59 Å². The first-order valence-corrected chi connectivity index (χ1v) is 21.9. The van der Waals surface area contributed by atoms with E-state index in [0.717, 1.165) is 63.0 Å². The number of carbonyl (C=O) groups is 2. The number of carbonyl (C=O) groups excluding carboxylic acids is 2. The number of piperazine rings is 1. The Morgan fingerprint density at radius 1 is 0.904 bits per heavy atom. The second kappa shape index (κ2) is 25.9. The van der Waals surface area contributed by atoms with Crippen molar-refractivity contribution >= 4 is 35.4 Å². The quantitative estimate of drug-likeness (QED) is 0.183. The van der Waals surface area contributed by atoms with Gasteiger partial charge < -0.3 is 10.2 Å². The van der Waals surface area contributed by atoms with Crippen molar-refractivity contribution in [1.29, 1.82) is 0 Å². The van der Waals surface area contributed by atoms with Gasteiger partial charge in [0.25, 0.3) is 0 Å². The van der Waals surface area contributed by atoms with Crippen molar-refractivity contribution in [2.45, 2.75) is 137 Å². The molecule has 2 fully saturated rings. The Bertz CT molecular complexity index is 1260. The van der Waals surface area contributed by atoms with Gasteiger partial charge in [0.05, 0.1) is 0 Å². The molecule has 0 bridgehead atoms. The molecule has 52 heavy (non-hydrogen) atoms. The van der Waals surface area contributed by atoms with Crippen LogP contribution in [0.3, 0.4) is 0 Å². The average molecular weight is 758 g/mol. The van der Waals surface area contributed by atoms with Crippen molar-refractivity contribution in [3.8, 4) is 0 Å². The van der Waals surface area contributed by atoms with Crippen LogP contribution < -0.4 is 5.32 Å². The molecular formula is C44H73ClN4O2S. The molecule has 2 aromatic rings. The second-order valence-corrected chi connectivity index (χ2v) is 16.6. The summed E-state index contributed by atoms with van der Waals surface area (Å²) in [6.45, 7) is 19.8. The van der Waals surface area contributed by atoms with Crippen LogP contribution in [0.4, 0.5) is 0 Å². The smallest absolute Gasteiger partial charge is 0.245 e. The highest BCUT2D eigenvalue weighted by molar-refractivity contribution is 7.96. The molecule has 3 atom stereocenters. The molecule has 0 spiro atoms. The van der Waals surface area contributed by atoms with E-state index in [1.165, 1.54) is 56.1 Å². The maximum absolute atomic E-state index is 13.9. The zero-order chi connectivity index (χ0) is 38.5. The number of aryl methyl sites for hydroxylation is 1. The van der Waals surface area contributed by atoms with Crippen molar-refractivity contribution in [2.75, 3.05) is 46.0 Å². The molecule has 0 radical (unpaired) electrons. The monoisotopic (exact) mass is 757 g/mol. The number of hydrogen-bond acceptors (Lipinski definition) is 5.